The van der Waals surface area contributed by atoms with Crippen molar-refractivity contribution in [2.45, 2.75) is 33.4 Å². The van der Waals surface area contributed by atoms with E-state index in [-0.39, 0.29) is 12.4 Å². The van der Waals surface area contributed by atoms with E-state index in [4.69, 9.17) is 21.1 Å². The topological polar surface area (TPSA) is 30.5 Å². The molecule has 0 saturated heterocycles. The van der Waals surface area contributed by atoms with Gasteiger partial charge >= 0.3 is 0 Å². The molecule has 0 radical (unpaired) electrons. The predicted molar refractivity (Wildman–Crippen MR) is 110 cm³/mol. The van der Waals surface area contributed by atoms with Gasteiger partial charge in [0.1, 0.15) is 6.61 Å². The highest BCUT2D eigenvalue weighted by atomic mass is 79.9. The number of nitrogens with one attached hydrogen (secondary N) is 1. The SMILES string of the molecule is CCCNCc1cc(Br)c(OCc2ccccc2Cl)c(OCC)c1.Cl. The highest BCUT2D eigenvalue weighted by Crippen LogP contribution is 2.37. The summed E-state index contributed by atoms with van der Waals surface area (Å²) in [5, 5.41) is 4.10. The van der Waals surface area contributed by atoms with E-state index in [0.29, 0.717) is 24.0 Å². The summed E-state index contributed by atoms with van der Waals surface area (Å²) < 4.78 is 12.6. The van der Waals surface area contributed by atoms with E-state index in [9.17, 15) is 0 Å². The largest absolute Gasteiger partial charge is 0.490 e. The van der Waals surface area contributed by atoms with Gasteiger partial charge in [-0.1, -0.05) is 36.7 Å². The van der Waals surface area contributed by atoms with Gasteiger partial charge in [0.15, 0.2) is 11.5 Å². The van der Waals surface area contributed by atoms with Gasteiger partial charge in [-0.25, -0.2) is 0 Å². The highest BCUT2D eigenvalue weighted by Gasteiger charge is 2.13. The maximum Gasteiger partial charge on any atom is 0.175 e. The molecule has 0 aliphatic rings. The first-order valence-corrected chi connectivity index (χ1v) is 9.35. The zero-order chi connectivity index (χ0) is 17.4. The van der Waals surface area contributed by atoms with Gasteiger partial charge < -0.3 is 14.8 Å². The van der Waals surface area contributed by atoms with Crippen molar-refractivity contribution in [2.75, 3.05) is 13.2 Å². The molecule has 0 unspecified atom stereocenters. The molecular formula is C19H24BrCl2NO2. The molecule has 0 atom stereocenters. The van der Waals surface area contributed by atoms with Gasteiger partial charge in [0.25, 0.3) is 0 Å². The number of benzene rings is 2. The van der Waals surface area contributed by atoms with E-state index in [1.165, 1.54) is 0 Å². The minimum Gasteiger partial charge on any atom is -0.490 e. The Labute approximate surface area is 169 Å². The number of ether oxygens (including phenoxy) is 2. The molecule has 2 rings (SSSR count). The zero-order valence-electron chi connectivity index (χ0n) is 14.5. The Kier molecular flexibility index (Phi) is 10.3. The Morgan fingerprint density at radius 3 is 2.56 bits per heavy atom. The molecule has 2 aromatic carbocycles. The molecule has 2 aromatic rings. The predicted octanol–water partition coefficient (Wildman–Crippen LogP) is 6.00. The summed E-state index contributed by atoms with van der Waals surface area (Å²) in [6, 6.07) is 11.8. The highest BCUT2D eigenvalue weighted by molar-refractivity contribution is 9.10. The van der Waals surface area contributed by atoms with Crippen LogP contribution in [0.25, 0.3) is 0 Å². The minimum atomic E-state index is 0. The second-order valence-electron chi connectivity index (χ2n) is 5.39. The van der Waals surface area contributed by atoms with Crippen LogP contribution >= 0.6 is 39.9 Å². The number of rotatable bonds is 9. The fourth-order valence-electron chi connectivity index (χ4n) is 2.30. The first kappa shape index (κ1) is 22.1. The lowest BCUT2D eigenvalue weighted by Crippen LogP contribution is -2.14. The molecule has 0 fully saturated rings. The number of halogens is 3. The second kappa shape index (κ2) is 11.6. The third-order valence-electron chi connectivity index (χ3n) is 3.45. The lowest BCUT2D eigenvalue weighted by atomic mass is 10.2. The van der Waals surface area contributed by atoms with Gasteiger partial charge in [0, 0.05) is 17.1 Å². The van der Waals surface area contributed by atoms with Gasteiger partial charge in [-0.05, 0) is 59.6 Å². The smallest absolute Gasteiger partial charge is 0.175 e. The van der Waals surface area contributed by atoms with Gasteiger partial charge in [0.05, 0.1) is 11.1 Å². The quantitative estimate of drug-likeness (QED) is 0.477. The molecule has 0 heterocycles. The van der Waals surface area contributed by atoms with E-state index in [0.717, 1.165) is 40.9 Å². The molecule has 0 aromatic heterocycles. The molecule has 0 amide bonds. The number of hydrogen-bond acceptors (Lipinski definition) is 3. The molecule has 6 heteroatoms. The lowest BCUT2D eigenvalue weighted by Gasteiger charge is -2.16. The molecule has 0 spiro atoms. The summed E-state index contributed by atoms with van der Waals surface area (Å²) in [6.45, 7) is 6.89. The summed E-state index contributed by atoms with van der Waals surface area (Å²) in [5.74, 6) is 1.45. The third kappa shape index (κ3) is 6.70. The van der Waals surface area contributed by atoms with Crippen LogP contribution in [0.1, 0.15) is 31.4 Å². The Morgan fingerprint density at radius 2 is 1.88 bits per heavy atom. The van der Waals surface area contributed by atoms with E-state index < -0.39 is 0 Å². The van der Waals surface area contributed by atoms with Gasteiger partial charge in [-0.15, -0.1) is 12.4 Å². The van der Waals surface area contributed by atoms with Crippen molar-refractivity contribution in [3.8, 4) is 11.5 Å². The second-order valence-corrected chi connectivity index (χ2v) is 6.66. The summed E-state index contributed by atoms with van der Waals surface area (Å²) >= 11 is 9.80. The van der Waals surface area contributed by atoms with Crippen LogP contribution in [0.2, 0.25) is 5.02 Å². The summed E-state index contributed by atoms with van der Waals surface area (Å²) in [4.78, 5) is 0. The van der Waals surface area contributed by atoms with Crippen LogP contribution in [0.5, 0.6) is 11.5 Å². The lowest BCUT2D eigenvalue weighted by molar-refractivity contribution is 0.267. The maximum absolute atomic E-state index is 6.20. The van der Waals surface area contributed by atoms with Crippen molar-refractivity contribution >= 4 is 39.9 Å². The van der Waals surface area contributed by atoms with Crippen molar-refractivity contribution in [1.82, 2.24) is 5.32 Å². The molecule has 0 saturated carbocycles. The molecule has 25 heavy (non-hydrogen) atoms. The minimum absolute atomic E-state index is 0. The molecule has 0 aliphatic heterocycles. The molecular weight excluding hydrogens is 425 g/mol. The Hall–Kier alpha value is -0.940. The fourth-order valence-corrected chi connectivity index (χ4v) is 3.10. The van der Waals surface area contributed by atoms with E-state index in [1.807, 2.05) is 37.3 Å². The van der Waals surface area contributed by atoms with Crippen molar-refractivity contribution in [1.29, 1.82) is 0 Å². The van der Waals surface area contributed by atoms with Crippen LogP contribution in [0.15, 0.2) is 40.9 Å². The standard InChI is InChI=1S/C19H23BrClNO2.ClH/c1-3-9-22-12-14-10-16(20)19(18(11-14)23-4-2)24-13-15-7-5-6-8-17(15)21;/h5-8,10-11,22H,3-4,9,12-13H2,1-2H3;1H. The zero-order valence-corrected chi connectivity index (χ0v) is 17.6. The Balaban J connectivity index is 0.00000312. The normalized spacial score (nSPS) is 10.2. The average Bonchev–Trinajstić information content (AvgIpc) is 2.56. The van der Waals surface area contributed by atoms with Crippen LogP contribution in [-0.2, 0) is 13.2 Å². The third-order valence-corrected chi connectivity index (χ3v) is 4.41. The van der Waals surface area contributed by atoms with Crippen LogP contribution < -0.4 is 14.8 Å². The van der Waals surface area contributed by atoms with Gasteiger partial charge in [-0.2, -0.15) is 0 Å². The summed E-state index contributed by atoms with van der Waals surface area (Å²) in [5.41, 5.74) is 2.10. The van der Waals surface area contributed by atoms with Crippen molar-refractivity contribution in [3.63, 3.8) is 0 Å². The summed E-state index contributed by atoms with van der Waals surface area (Å²) in [7, 11) is 0. The monoisotopic (exact) mass is 447 g/mol. The molecule has 1 N–H and O–H groups in total. The van der Waals surface area contributed by atoms with E-state index in [1.54, 1.807) is 0 Å². The van der Waals surface area contributed by atoms with Crippen molar-refractivity contribution in [2.24, 2.45) is 0 Å². The molecule has 3 nitrogen and oxygen atoms in total. The number of hydrogen-bond donors (Lipinski definition) is 1. The van der Waals surface area contributed by atoms with E-state index in [2.05, 4.69) is 34.2 Å². The van der Waals surface area contributed by atoms with Crippen LogP contribution in [0.3, 0.4) is 0 Å². The maximum atomic E-state index is 6.20. The molecule has 138 valence electrons. The molecule has 0 bridgehead atoms. The van der Waals surface area contributed by atoms with Crippen LogP contribution in [0.4, 0.5) is 0 Å². The Morgan fingerprint density at radius 1 is 1.12 bits per heavy atom. The average molecular weight is 449 g/mol. The van der Waals surface area contributed by atoms with Crippen molar-refractivity contribution in [3.05, 3.63) is 57.0 Å². The van der Waals surface area contributed by atoms with Crippen LogP contribution in [-0.4, -0.2) is 13.2 Å². The van der Waals surface area contributed by atoms with E-state index >= 15 is 0 Å². The fraction of sp³-hybridized carbons (Fsp3) is 0.368. The van der Waals surface area contributed by atoms with Gasteiger partial charge in [0.2, 0.25) is 0 Å². The first-order valence-electron chi connectivity index (χ1n) is 8.17. The first-order chi connectivity index (χ1) is 11.7. The summed E-state index contributed by atoms with van der Waals surface area (Å²) in [6.07, 6.45) is 1.11. The Bertz CT molecular complexity index is 668. The van der Waals surface area contributed by atoms with Crippen molar-refractivity contribution < 1.29 is 9.47 Å². The molecule has 0 aliphatic carbocycles. The van der Waals surface area contributed by atoms with Gasteiger partial charge in [-0.3, -0.25) is 0 Å². The van der Waals surface area contributed by atoms with Crippen LogP contribution in [0, 0.1) is 0 Å².